The van der Waals surface area contributed by atoms with Crippen LogP contribution in [0.3, 0.4) is 0 Å². The molecule has 0 amide bonds. The molecule has 1 fully saturated rings. The highest BCUT2D eigenvalue weighted by Crippen LogP contribution is 2.23. The molecule has 0 spiro atoms. The van der Waals surface area contributed by atoms with E-state index in [-0.39, 0.29) is 0 Å². The van der Waals surface area contributed by atoms with Crippen LogP contribution in [0.4, 0.5) is 0 Å². The lowest BCUT2D eigenvalue weighted by Crippen LogP contribution is -2.36. The number of nitrogens with one attached hydrogen (secondary N) is 1. The fourth-order valence-electron chi connectivity index (χ4n) is 3.40. The smallest absolute Gasteiger partial charge is 0.0481 e. The Kier molecular flexibility index (Phi) is 4.08. The summed E-state index contributed by atoms with van der Waals surface area (Å²) in [6, 6.07) is 9.43. The Bertz CT molecular complexity index is 567. The molecule has 3 heteroatoms. The Morgan fingerprint density at radius 1 is 1.35 bits per heavy atom. The van der Waals surface area contributed by atoms with Crippen LogP contribution in [-0.4, -0.2) is 35.1 Å². The van der Waals surface area contributed by atoms with Gasteiger partial charge in [0, 0.05) is 43.3 Å². The summed E-state index contributed by atoms with van der Waals surface area (Å²) < 4.78 is 2.25. The van der Waals surface area contributed by atoms with Crippen LogP contribution in [0, 0.1) is 0 Å². The molecule has 0 saturated carbocycles. The van der Waals surface area contributed by atoms with Gasteiger partial charge in [-0.1, -0.05) is 25.1 Å². The van der Waals surface area contributed by atoms with E-state index >= 15 is 0 Å². The number of aryl methyl sites for hydroxylation is 1. The van der Waals surface area contributed by atoms with Crippen molar-refractivity contribution in [2.45, 2.75) is 32.4 Å². The molecule has 0 aliphatic carbocycles. The van der Waals surface area contributed by atoms with E-state index in [0.29, 0.717) is 6.04 Å². The van der Waals surface area contributed by atoms with Crippen molar-refractivity contribution in [3.63, 3.8) is 0 Å². The zero-order valence-corrected chi connectivity index (χ0v) is 12.6. The van der Waals surface area contributed by atoms with E-state index in [2.05, 4.69) is 59.2 Å². The van der Waals surface area contributed by atoms with Crippen molar-refractivity contribution in [3.05, 3.63) is 36.0 Å². The number of benzene rings is 1. The second-order valence-corrected chi connectivity index (χ2v) is 5.90. The van der Waals surface area contributed by atoms with E-state index in [1.165, 1.54) is 42.4 Å². The maximum atomic E-state index is 3.49. The lowest BCUT2D eigenvalue weighted by molar-refractivity contribution is 0.200. The van der Waals surface area contributed by atoms with Gasteiger partial charge in [-0.25, -0.2) is 0 Å². The van der Waals surface area contributed by atoms with Crippen molar-refractivity contribution in [3.8, 4) is 0 Å². The molecule has 0 radical (unpaired) electrons. The van der Waals surface area contributed by atoms with E-state index in [9.17, 15) is 0 Å². The predicted octanol–water partition coefficient (Wildman–Crippen LogP) is 2.75. The third-order valence-electron chi connectivity index (χ3n) is 4.41. The number of fused-ring (bicyclic) bond motifs is 1. The van der Waals surface area contributed by atoms with Crippen molar-refractivity contribution in [1.29, 1.82) is 0 Å². The van der Waals surface area contributed by atoms with Crippen LogP contribution in [0.1, 0.15) is 25.3 Å². The van der Waals surface area contributed by atoms with Crippen LogP contribution in [0.15, 0.2) is 30.5 Å². The average molecular weight is 271 g/mol. The topological polar surface area (TPSA) is 20.2 Å². The Labute approximate surface area is 121 Å². The Morgan fingerprint density at radius 3 is 2.95 bits per heavy atom. The number of rotatable bonds is 5. The number of para-hydroxylation sites is 1. The first kappa shape index (κ1) is 13.7. The molecule has 3 nitrogen and oxygen atoms in total. The quantitative estimate of drug-likeness (QED) is 0.902. The van der Waals surface area contributed by atoms with Crippen LogP contribution in [0.5, 0.6) is 0 Å². The summed E-state index contributed by atoms with van der Waals surface area (Å²) in [4.78, 5) is 2.65. The molecule has 108 valence electrons. The largest absolute Gasteiger partial charge is 0.350 e. The molecule has 1 N–H and O–H groups in total. The fraction of sp³-hybridized carbons (Fsp3) is 0.529. The van der Waals surface area contributed by atoms with Gasteiger partial charge in [0.2, 0.25) is 0 Å². The molecule has 1 aromatic heterocycles. The molecule has 1 atom stereocenters. The van der Waals surface area contributed by atoms with Gasteiger partial charge in [-0.2, -0.15) is 0 Å². The molecule has 1 aromatic carbocycles. The zero-order chi connectivity index (χ0) is 13.9. The van der Waals surface area contributed by atoms with E-state index in [1.807, 2.05) is 0 Å². The lowest BCUT2D eigenvalue weighted by Gasteiger charge is -2.27. The molecular formula is C17H25N3. The maximum absolute atomic E-state index is 3.49. The summed E-state index contributed by atoms with van der Waals surface area (Å²) in [5.41, 5.74) is 2.80. The van der Waals surface area contributed by atoms with Gasteiger partial charge in [0.1, 0.15) is 0 Å². The van der Waals surface area contributed by atoms with Crippen molar-refractivity contribution in [2.75, 3.05) is 19.6 Å². The predicted molar refractivity (Wildman–Crippen MR) is 84.9 cm³/mol. The van der Waals surface area contributed by atoms with Crippen LogP contribution in [0.25, 0.3) is 10.9 Å². The molecule has 1 aliphatic heterocycles. The molecule has 2 aromatic rings. The molecule has 1 unspecified atom stereocenters. The first-order valence-electron chi connectivity index (χ1n) is 7.77. The summed E-state index contributed by atoms with van der Waals surface area (Å²) in [5, 5.41) is 4.90. The van der Waals surface area contributed by atoms with Gasteiger partial charge >= 0.3 is 0 Å². The molecule has 2 heterocycles. The van der Waals surface area contributed by atoms with Crippen molar-refractivity contribution in [1.82, 2.24) is 14.8 Å². The van der Waals surface area contributed by atoms with Crippen LogP contribution < -0.4 is 5.32 Å². The van der Waals surface area contributed by atoms with Crippen LogP contribution in [-0.2, 0) is 13.6 Å². The molecule has 0 bridgehead atoms. The van der Waals surface area contributed by atoms with E-state index in [1.54, 1.807) is 0 Å². The monoisotopic (exact) mass is 271 g/mol. The first-order chi connectivity index (χ1) is 9.79. The third kappa shape index (κ3) is 2.60. The highest BCUT2D eigenvalue weighted by molar-refractivity contribution is 5.83. The molecule has 1 saturated heterocycles. The minimum Gasteiger partial charge on any atom is -0.350 e. The van der Waals surface area contributed by atoms with Gasteiger partial charge < -0.3 is 9.88 Å². The van der Waals surface area contributed by atoms with Gasteiger partial charge in [-0.05, 0) is 37.6 Å². The third-order valence-corrected chi connectivity index (χ3v) is 4.41. The van der Waals surface area contributed by atoms with Crippen molar-refractivity contribution in [2.24, 2.45) is 7.05 Å². The lowest BCUT2D eigenvalue weighted by atomic mass is 10.1. The normalized spacial score (nSPS) is 19.2. The minimum absolute atomic E-state index is 0.703. The summed E-state index contributed by atoms with van der Waals surface area (Å²) in [5.74, 6) is 0. The van der Waals surface area contributed by atoms with Crippen molar-refractivity contribution >= 4 is 10.9 Å². The van der Waals surface area contributed by atoms with Gasteiger partial charge in [-0.15, -0.1) is 0 Å². The highest BCUT2D eigenvalue weighted by atomic mass is 15.2. The molecular weight excluding hydrogens is 246 g/mol. The Morgan fingerprint density at radius 2 is 2.20 bits per heavy atom. The van der Waals surface area contributed by atoms with E-state index in [0.717, 1.165) is 13.1 Å². The SMILES string of the molecule is CCCN(Cc1cn(C)c2ccccc12)C1CCNC1. The fourth-order valence-corrected chi connectivity index (χ4v) is 3.40. The van der Waals surface area contributed by atoms with Gasteiger partial charge in [0.15, 0.2) is 0 Å². The summed E-state index contributed by atoms with van der Waals surface area (Å²) in [7, 11) is 2.15. The Hall–Kier alpha value is -1.32. The number of hydrogen-bond acceptors (Lipinski definition) is 2. The van der Waals surface area contributed by atoms with E-state index < -0.39 is 0 Å². The summed E-state index contributed by atoms with van der Waals surface area (Å²) in [6.07, 6.45) is 4.81. The molecule has 3 rings (SSSR count). The summed E-state index contributed by atoms with van der Waals surface area (Å²) in [6.45, 7) is 6.85. The maximum Gasteiger partial charge on any atom is 0.0481 e. The molecule has 1 aliphatic rings. The minimum atomic E-state index is 0.703. The highest BCUT2D eigenvalue weighted by Gasteiger charge is 2.22. The zero-order valence-electron chi connectivity index (χ0n) is 12.6. The van der Waals surface area contributed by atoms with Gasteiger partial charge in [-0.3, -0.25) is 4.90 Å². The second kappa shape index (κ2) is 5.98. The molecule has 20 heavy (non-hydrogen) atoms. The van der Waals surface area contributed by atoms with Crippen LogP contribution in [0.2, 0.25) is 0 Å². The van der Waals surface area contributed by atoms with Crippen molar-refractivity contribution < 1.29 is 0 Å². The first-order valence-corrected chi connectivity index (χ1v) is 7.77. The van der Waals surface area contributed by atoms with Gasteiger partial charge in [0.05, 0.1) is 0 Å². The number of hydrogen-bond donors (Lipinski definition) is 1. The Balaban J connectivity index is 1.86. The summed E-state index contributed by atoms with van der Waals surface area (Å²) >= 11 is 0. The van der Waals surface area contributed by atoms with Gasteiger partial charge in [0.25, 0.3) is 0 Å². The number of nitrogens with zero attached hydrogens (tertiary/aromatic N) is 2. The van der Waals surface area contributed by atoms with E-state index in [4.69, 9.17) is 0 Å². The van der Waals surface area contributed by atoms with Crippen LogP contribution >= 0.6 is 0 Å². The average Bonchev–Trinajstić information content (AvgIpc) is 3.08. The standard InChI is InChI=1S/C17H25N3/c1-3-10-20(15-8-9-18-11-15)13-14-12-19(2)17-7-5-4-6-16(14)17/h4-7,12,15,18H,3,8-11,13H2,1-2H3. The second-order valence-electron chi connectivity index (χ2n) is 5.90. The number of aromatic nitrogens is 1.